The number of hydrogen-bond acceptors (Lipinski definition) is 4. The Hall–Kier alpha value is -2.58. The van der Waals surface area contributed by atoms with Crippen molar-refractivity contribution in [3.8, 4) is 28.8 Å². The van der Waals surface area contributed by atoms with Crippen LogP contribution in [0.1, 0.15) is 0 Å². The second kappa shape index (κ2) is 6.46. The SMILES string of the molecule is COc1ccc(-c2ncnc3c2ncn3CC#CCCl)cc1. The Balaban J connectivity index is 2.03. The predicted molar refractivity (Wildman–Crippen MR) is 85.8 cm³/mol. The van der Waals surface area contributed by atoms with Crippen LogP contribution in [0.2, 0.25) is 0 Å². The van der Waals surface area contributed by atoms with E-state index in [1.807, 2.05) is 28.8 Å². The molecule has 6 heteroatoms. The van der Waals surface area contributed by atoms with Crippen molar-refractivity contribution in [2.75, 3.05) is 13.0 Å². The third kappa shape index (κ3) is 2.74. The highest BCUT2D eigenvalue weighted by Crippen LogP contribution is 2.25. The second-order valence-corrected chi connectivity index (χ2v) is 4.75. The summed E-state index contributed by atoms with van der Waals surface area (Å²) in [4.78, 5) is 13.1. The molecule has 110 valence electrons. The van der Waals surface area contributed by atoms with Gasteiger partial charge in [0.25, 0.3) is 0 Å². The number of rotatable bonds is 3. The van der Waals surface area contributed by atoms with Crippen LogP contribution in [0, 0.1) is 11.8 Å². The molecule has 2 heterocycles. The van der Waals surface area contributed by atoms with Gasteiger partial charge in [-0.15, -0.1) is 11.6 Å². The van der Waals surface area contributed by atoms with E-state index < -0.39 is 0 Å². The van der Waals surface area contributed by atoms with Gasteiger partial charge in [0.15, 0.2) is 5.65 Å². The average molecular weight is 313 g/mol. The summed E-state index contributed by atoms with van der Waals surface area (Å²) in [6.07, 6.45) is 3.25. The topological polar surface area (TPSA) is 52.8 Å². The van der Waals surface area contributed by atoms with Gasteiger partial charge in [0.05, 0.1) is 25.9 Å². The molecule has 0 atom stereocenters. The molecule has 0 aliphatic rings. The standard InChI is InChI=1S/C16H13ClN4O/c1-22-13-6-4-12(5-7-13)14-15-16(19-10-18-14)21(11-20-15)9-3-2-8-17/h4-7,10-11H,8-9H2,1H3. The Bertz CT molecular complexity index is 846. The Morgan fingerprint density at radius 2 is 1.95 bits per heavy atom. The summed E-state index contributed by atoms with van der Waals surface area (Å²) in [6, 6.07) is 7.69. The first-order valence-electron chi connectivity index (χ1n) is 6.65. The lowest BCUT2D eigenvalue weighted by molar-refractivity contribution is 0.415. The summed E-state index contributed by atoms with van der Waals surface area (Å²) in [5.41, 5.74) is 3.26. The van der Waals surface area contributed by atoms with Crippen molar-refractivity contribution in [1.29, 1.82) is 0 Å². The number of imidazole rings is 1. The Morgan fingerprint density at radius 3 is 2.68 bits per heavy atom. The third-order valence-corrected chi connectivity index (χ3v) is 3.34. The molecule has 1 aromatic carbocycles. The zero-order valence-corrected chi connectivity index (χ0v) is 12.7. The van der Waals surface area contributed by atoms with Crippen LogP contribution in [0.25, 0.3) is 22.4 Å². The van der Waals surface area contributed by atoms with Gasteiger partial charge in [-0.2, -0.15) is 0 Å². The Kier molecular flexibility index (Phi) is 4.22. The van der Waals surface area contributed by atoms with Gasteiger partial charge in [0.1, 0.15) is 23.3 Å². The van der Waals surface area contributed by atoms with E-state index in [1.165, 1.54) is 6.33 Å². The lowest BCUT2D eigenvalue weighted by Gasteiger charge is -2.04. The molecule has 5 nitrogen and oxygen atoms in total. The van der Waals surface area contributed by atoms with E-state index in [4.69, 9.17) is 16.3 Å². The normalized spacial score (nSPS) is 10.3. The summed E-state index contributed by atoms with van der Waals surface area (Å²) in [5.74, 6) is 6.91. The maximum Gasteiger partial charge on any atom is 0.164 e. The van der Waals surface area contributed by atoms with Crippen LogP contribution in [-0.4, -0.2) is 32.5 Å². The lowest BCUT2D eigenvalue weighted by Crippen LogP contribution is -1.96. The summed E-state index contributed by atoms with van der Waals surface area (Å²) < 4.78 is 7.05. The first kappa shape index (κ1) is 14.4. The summed E-state index contributed by atoms with van der Waals surface area (Å²) in [6.45, 7) is 0.502. The molecule has 2 aromatic heterocycles. The summed E-state index contributed by atoms with van der Waals surface area (Å²) in [7, 11) is 1.64. The van der Waals surface area contributed by atoms with E-state index in [1.54, 1.807) is 13.4 Å². The van der Waals surface area contributed by atoms with E-state index in [2.05, 4.69) is 26.8 Å². The highest BCUT2D eigenvalue weighted by Gasteiger charge is 2.11. The molecule has 0 aliphatic carbocycles. The van der Waals surface area contributed by atoms with Crippen molar-refractivity contribution < 1.29 is 4.74 Å². The van der Waals surface area contributed by atoms with Crippen molar-refractivity contribution in [2.24, 2.45) is 0 Å². The summed E-state index contributed by atoms with van der Waals surface area (Å²) >= 11 is 5.56. The van der Waals surface area contributed by atoms with Crippen molar-refractivity contribution in [1.82, 2.24) is 19.5 Å². The van der Waals surface area contributed by atoms with Crippen molar-refractivity contribution in [2.45, 2.75) is 6.54 Å². The number of nitrogens with zero attached hydrogens (tertiary/aromatic N) is 4. The maximum absolute atomic E-state index is 5.56. The highest BCUT2D eigenvalue weighted by molar-refractivity contribution is 6.19. The third-order valence-electron chi connectivity index (χ3n) is 3.21. The molecule has 3 aromatic rings. The summed E-state index contributed by atoms with van der Waals surface area (Å²) in [5, 5.41) is 0. The number of ether oxygens (including phenoxy) is 1. The van der Waals surface area contributed by atoms with Crippen molar-refractivity contribution >= 4 is 22.8 Å². The van der Waals surface area contributed by atoms with Crippen LogP contribution in [0.15, 0.2) is 36.9 Å². The molecule has 0 saturated heterocycles. The minimum atomic E-state index is 0.318. The molecule has 0 radical (unpaired) electrons. The predicted octanol–water partition coefficient (Wildman–Crippen LogP) is 2.74. The van der Waals surface area contributed by atoms with Gasteiger partial charge in [0, 0.05) is 5.56 Å². The number of aromatic nitrogens is 4. The number of halogens is 1. The first-order valence-corrected chi connectivity index (χ1v) is 7.19. The molecular weight excluding hydrogens is 300 g/mol. The zero-order valence-electron chi connectivity index (χ0n) is 12.0. The molecule has 0 spiro atoms. The smallest absolute Gasteiger partial charge is 0.164 e. The molecule has 0 amide bonds. The van der Waals surface area contributed by atoms with Crippen LogP contribution in [-0.2, 0) is 6.54 Å². The fourth-order valence-electron chi connectivity index (χ4n) is 2.14. The van der Waals surface area contributed by atoms with Crippen LogP contribution in [0.5, 0.6) is 5.75 Å². The number of methoxy groups -OCH3 is 1. The monoisotopic (exact) mass is 312 g/mol. The van der Waals surface area contributed by atoms with Gasteiger partial charge in [-0.05, 0) is 24.3 Å². The van der Waals surface area contributed by atoms with Gasteiger partial charge in [0.2, 0.25) is 0 Å². The van der Waals surface area contributed by atoms with Crippen LogP contribution in [0.3, 0.4) is 0 Å². The zero-order chi connectivity index (χ0) is 15.4. The fourth-order valence-corrected chi connectivity index (χ4v) is 2.24. The van der Waals surface area contributed by atoms with Gasteiger partial charge in [-0.1, -0.05) is 11.8 Å². The molecule has 0 bridgehead atoms. The van der Waals surface area contributed by atoms with E-state index in [-0.39, 0.29) is 0 Å². The molecule has 0 saturated carbocycles. The van der Waals surface area contributed by atoms with E-state index >= 15 is 0 Å². The quantitative estimate of drug-likeness (QED) is 0.551. The van der Waals surface area contributed by atoms with Gasteiger partial charge >= 0.3 is 0 Å². The van der Waals surface area contributed by atoms with Crippen molar-refractivity contribution in [3.63, 3.8) is 0 Å². The molecule has 0 aliphatic heterocycles. The van der Waals surface area contributed by atoms with Gasteiger partial charge in [-0.25, -0.2) is 15.0 Å². The van der Waals surface area contributed by atoms with Crippen LogP contribution >= 0.6 is 11.6 Å². The second-order valence-electron chi connectivity index (χ2n) is 4.48. The Labute approximate surface area is 132 Å². The minimum absolute atomic E-state index is 0.318. The molecule has 0 N–H and O–H groups in total. The van der Waals surface area contributed by atoms with Crippen molar-refractivity contribution in [3.05, 3.63) is 36.9 Å². The van der Waals surface area contributed by atoms with E-state index in [0.717, 1.165) is 28.2 Å². The molecule has 22 heavy (non-hydrogen) atoms. The van der Waals surface area contributed by atoms with Crippen LogP contribution < -0.4 is 4.74 Å². The van der Waals surface area contributed by atoms with E-state index in [9.17, 15) is 0 Å². The van der Waals surface area contributed by atoms with Crippen LogP contribution in [0.4, 0.5) is 0 Å². The molecular formula is C16H13ClN4O. The van der Waals surface area contributed by atoms with E-state index in [0.29, 0.717) is 12.4 Å². The first-order chi connectivity index (χ1) is 10.8. The van der Waals surface area contributed by atoms with Gasteiger partial charge in [-0.3, -0.25) is 0 Å². The highest BCUT2D eigenvalue weighted by atomic mass is 35.5. The molecule has 0 fully saturated rings. The fraction of sp³-hybridized carbons (Fsp3) is 0.188. The average Bonchev–Trinajstić information content (AvgIpc) is 2.98. The minimum Gasteiger partial charge on any atom is -0.497 e. The maximum atomic E-state index is 5.56. The number of hydrogen-bond donors (Lipinski definition) is 0. The molecule has 0 unspecified atom stereocenters. The lowest BCUT2D eigenvalue weighted by atomic mass is 10.1. The number of benzene rings is 1. The number of alkyl halides is 1. The largest absolute Gasteiger partial charge is 0.497 e. The number of fused-ring (bicyclic) bond motifs is 1. The van der Waals surface area contributed by atoms with Gasteiger partial charge < -0.3 is 9.30 Å². The molecule has 3 rings (SSSR count). The Morgan fingerprint density at radius 1 is 1.14 bits per heavy atom.